The molecule has 3 aromatic rings. The van der Waals surface area contributed by atoms with Gasteiger partial charge in [0.25, 0.3) is 0 Å². The molecule has 3 rings (SSSR count). The number of aliphatic hydroxyl groups is 1. The van der Waals surface area contributed by atoms with Crippen LogP contribution in [0.2, 0.25) is 0 Å². The van der Waals surface area contributed by atoms with Crippen LogP contribution in [0, 0.1) is 0 Å². The molecule has 0 aliphatic rings. The number of hydrogen-bond acceptors (Lipinski definition) is 8. The van der Waals surface area contributed by atoms with Gasteiger partial charge in [0.15, 0.2) is 0 Å². The molecular weight excluding hydrogens is 507 g/mol. The molecule has 0 fully saturated rings. The molecule has 1 atom stereocenters. The van der Waals surface area contributed by atoms with Crippen molar-refractivity contribution in [1.82, 2.24) is 0 Å². The Morgan fingerprint density at radius 3 is 1.03 bits per heavy atom. The van der Waals surface area contributed by atoms with Crippen molar-refractivity contribution in [1.29, 1.82) is 0 Å². The van der Waals surface area contributed by atoms with Gasteiger partial charge in [-0.25, -0.2) is 0 Å². The molecule has 0 saturated carbocycles. The normalized spacial score (nSPS) is 13.1. The van der Waals surface area contributed by atoms with Crippen LogP contribution < -0.4 is 44.3 Å². The summed E-state index contributed by atoms with van der Waals surface area (Å²) in [6, 6.07) is 16.6. The number of rotatable bonds is 13. The molecule has 9 heteroatoms. The molecule has 0 radical (unpaired) electrons. The van der Waals surface area contributed by atoms with Gasteiger partial charge < -0.3 is 0 Å². The maximum atomic E-state index is 11.4. The number of benzene rings is 3. The Labute approximate surface area is 225 Å². The van der Waals surface area contributed by atoms with Crippen molar-refractivity contribution < 1.29 is 38.1 Å². The van der Waals surface area contributed by atoms with E-state index in [1.165, 1.54) is 0 Å². The van der Waals surface area contributed by atoms with E-state index < -0.39 is 12.9 Å². The zero-order valence-electron chi connectivity index (χ0n) is 23.4. The monoisotopic (exact) mass is 546 g/mol. The summed E-state index contributed by atoms with van der Waals surface area (Å²) in [5.74, 6) is 3.07. The quantitative estimate of drug-likeness (QED) is 0.323. The second-order valence-corrected chi connectivity index (χ2v) is 13.1. The van der Waals surface area contributed by atoms with Crippen LogP contribution in [-0.4, -0.2) is 66.6 Å². The van der Waals surface area contributed by atoms with Crippen LogP contribution in [0.4, 0.5) is 0 Å². The van der Waals surface area contributed by atoms with Crippen LogP contribution in [0.25, 0.3) is 0 Å². The van der Waals surface area contributed by atoms with E-state index in [-0.39, 0.29) is 12.8 Å². The molecule has 0 heterocycles. The Bertz CT molecular complexity index is 1040. The number of aliphatic hydroxyl groups excluding tert-OH is 1. The van der Waals surface area contributed by atoms with Crippen LogP contribution in [-0.2, 0) is 4.52 Å². The van der Waals surface area contributed by atoms with Gasteiger partial charge >= 0.3 is 225 Å². The van der Waals surface area contributed by atoms with Gasteiger partial charge in [0, 0.05) is 0 Å². The van der Waals surface area contributed by atoms with Crippen molar-refractivity contribution in [2.24, 2.45) is 0 Å². The Kier molecular flexibility index (Phi) is 9.36. The van der Waals surface area contributed by atoms with Crippen molar-refractivity contribution in [3.63, 3.8) is 0 Å². The van der Waals surface area contributed by atoms with E-state index in [0.29, 0.717) is 50.4 Å². The fourth-order valence-corrected chi connectivity index (χ4v) is 12.6. The maximum absolute atomic E-state index is 11.4. The third-order valence-electron chi connectivity index (χ3n) is 6.65. The van der Waals surface area contributed by atoms with E-state index >= 15 is 0 Å². The zero-order valence-corrected chi connectivity index (χ0v) is 24.3. The van der Waals surface area contributed by atoms with Gasteiger partial charge in [-0.05, 0) is 0 Å². The van der Waals surface area contributed by atoms with E-state index in [9.17, 15) is 5.11 Å². The topological polar surface area (TPSA) is 84.8 Å². The fourth-order valence-electron chi connectivity index (χ4n) is 5.54. The van der Waals surface area contributed by atoms with Gasteiger partial charge in [-0.3, -0.25) is 0 Å². The van der Waals surface area contributed by atoms with Crippen LogP contribution in [0.15, 0.2) is 54.6 Å². The second kappa shape index (κ2) is 12.1. The number of ether oxygens (including phenoxy) is 6. The summed E-state index contributed by atoms with van der Waals surface area (Å²) in [6.07, 6.45) is -0.748. The molecular formula is C29H39O8P. The Hall–Kier alpha value is -3.19. The summed E-state index contributed by atoms with van der Waals surface area (Å²) in [7, 11) is 9.57. The first-order chi connectivity index (χ1) is 18.3. The molecule has 1 N–H and O–H groups in total. The predicted octanol–water partition coefficient (Wildman–Crippen LogP) is 3.90. The predicted molar refractivity (Wildman–Crippen MR) is 153 cm³/mol. The molecule has 208 valence electrons. The minimum absolute atomic E-state index is 0.115. The summed E-state index contributed by atoms with van der Waals surface area (Å²) in [6.45, 7) is -0.576. The van der Waals surface area contributed by atoms with E-state index in [0.717, 1.165) is 0 Å². The van der Waals surface area contributed by atoms with Gasteiger partial charge in [-0.2, -0.15) is 0 Å². The Balaban J connectivity index is 2.93. The van der Waals surface area contributed by atoms with Gasteiger partial charge in [0.05, 0.1) is 0 Å². The summed E-state index contributed by atoms with van der Waals surface area (Å²) in [5.41, 5.74) is 0. The van der Waals surface area contributed by atoms with E-state index in [4.69, 9.17) is 32.9 Å². The Morgan fingerprint density at radius 1 is 0.579 bits per heavy atom. The minimum atomic E-state index is -4.47. The molecule has 38 heavy (non-hydrogen) atoms. The SMILES string of the molecule is CCOP(CC(C)O)(c1c(OC)cccc1OC)(c1c(OC)cccc1OC)c1c(OC)cccc1OC. The Morgan fingerprint density at radius 2 is 0.842 bits per heavy atom. The molecule has 0 amide bonds. The standard InChI is InChI=1S/C29H39O8P/c1-9-37-38(19-20(2)30,27-21(31-3)13-10-14-22(27)32-4,28-23(33-5)15-11-16-24(28)34-6)29-25(35-7)17-12-18-26(29)36-8/h10-18,20,30H,9,19H2,1-8H3. The molecule has 1 unspecified atom stereocenters. The molecule has 0 spiro atoms. The molecule has 8 nitrogen and oxygen atoms in total. The van der Waals surface area contributed by atoms with E-state index in [1.807, 2.05) is 61.5 Å². The van der Waals surface area contributed by atoms with Crippen molar-refractivity contribution in [3.8, 4) is 34.5 Å². The van der Waals surface area contributed by atoms with Gasteiger partial charge in [-0.15, -0.1) is 0 Å². The molecule has 3 aromatic carbocycles. The summed E-state index contributed by atoms with van der Waals surface area (Å²) in [4.78, 5) is 0. The van der Waals surface area contributed by atoms with Gasteiger partial charge in [0.1, 0.15) is 0 Å². The van der Waals surface area contributed by atoms with E-state index in [1.54, 1.807) is 49.6 Å². The van der Waals surface area contributed by atoms with Crippen LogP contribution in [0.5, 0.6) is 34.5 Å². The average molecular weight is 547 g/mol. The molecule has 0 saturated heterocycles. The van der Waals surface area contributed by atoms with Crippen molar-refractivity contribution in [3.05, 3.63) is 54.6 Å². The van der Waals surface area contributed by atoms with Gasteiger partial charge in [0.2, 0.25) is 0 Å². The summed E-state index contributed by atoms with van der Waals surface area (Å²) < 4.78 is 43.3. The van der Waals surface area contributed by atoms with Crippen molar-refractivity contribution in [2.45, 2.75) is 20.0 Å². The van der Waals surface area contributed by atoms with Crippen LogP contribution in [0.1, 0.15) is 13.8 Å². The van der Waals surface area contributed by atoms with Crippen LogP contribution >= 0.6 is 6.83 Å². The van der Waals surface area contributed by atoms with E-state index in [2.05, 4.69) is 0 Å². The summed E-state index contributed by atoms with van der Waals surface area (Å²) in [5, 5.41) is 13.2. The van der Waals surface area contributed by atoms with Gasteiger partial charge in [-0.1, -0.05) is 0 Å². The first kappa shape index (κ1) is 29.4. The van der Waals surface area contributed by atoms with Crippen molar-refractivity contribution >= 4 is 22.7 Å². The zero-order chi connectivity index (χ0) is 27.9. The first-order valence-corrected chi connectivity index (χ1v) is 14.7. The average Bonchev–Trinajstić information content (AvgIpc) is 2.95. The third-order valence-corrected chi connectivity index (χ3v) is 12.9. The number of methoxy groups -OCH3 is 6. The van der Waals surface area contributed by atoms with Crippen molar-refractivity contribution in [2.75, 3.05) is 55.4 Å². The molecule has 0 aromatic heterocycles. The molecule has 0 aliphatic carbocycles. The summed E-state index contributed by atoms with van der Waals surface area (Å²) >= 11 is 0. The van der Waals surface area contributed by atoms with Crippen LogP contribution in [0.3, 0.4) is 0 Å². The molecule has 0 bridgehead atoms. The number of hydrogen-bond donors (Lipinski definition) is 1. The molecule has 0 aliphatic heterocycles. The first-order valence-electron chi connectivity index (χ1n) is 12.3. The fraction of sp³-hybridized carbons (Fsp3) is 0.379. The second-order valence-electron chi connectivity index (χ2n) is 8.70. The third kappa shape index (κ3) is 4.51.